The third-order valence-corrected chi connectivity index (χ3v) is 4.86. The second-order valence-corrected chi connectivity index (χ2v) is 7.16. The zero-order valence-electron chi connectivity index (χ0n) is 15.5. The Kier molecular flexibility index (Phi) is 5.55. The van der Waals surface area contributed by atoms with Crippen LogP contribution in [0.4, 0.5) is 0 Å². The predicted molar refractivity (Wildman–Crippen MR) is 96.3 cm³/mol. The first-order chi connectivity index (χ1) is 12.0. The summed E-state index contributed by atoms with van der Waals surface area (Å²) in [6.07, 6.45) is 6.85. The summed E-state index contributed by atoms with van der Waals surface area (Å²) >= 11 is 0. The maximum absolute atomic E-state index is 11.9. The average molecular weight is 347 g/mol. The molecule has 8 heteroatoms. The van der Waals surface area contributed by atoms with E-state index in [2.05, 4.69) is 25.7 Å². The highest BCUT2D eigenvalue weighted by Gasteiger charge is 2.25. The van der Waals surface area contributed by atoms with Crippen LogP contribution in [0.25, 0.3) is 0 Å². The second-order valence-electron chi connectivity index (χ2n) is 7.16. The van der Waals surface area contributed by atoms with Crippen LogP contribution in [0.3, 0.4) is 0 Å². The molecule has 0 unspecified atom stereocenters. The quantitative estimate of drug-likeness (QED) is 0.626. The molecule has 25 heavy (non-hydrogen) atoms. The van der Waals surface area contributed by atoms with Gasteiger partial charge in [0.05, 0.1) is 6.04 Å². The molecule has 2 aliphatic rings. The number of hydrogen-bond acceptors (Lipinski definition) is 4. The fraction of sp³-hybridized carbons (Fsp3) is 0.765. The van der Waals surface area contributed by atoms with E-state index in [0.29, 0.717) is 12.0 Å². The van der Waals surface area contributed by atoms with Crippen molar-refractivity contribution in [2.75, 3.05) is 20.6 Å². The number of likely N-dealkylation sites (N-methyl/N-ethyl adjacent to an activating group) is 1. The number of hydrogen-bond donors (Lipinski definition) is 2. The summed E-state index contributed by atoms with van der Waals surface area (Å²) in [5.41, 5.74) is 0. The summed E-state index contributed by atoms with van der Waals surface area (Å²) < 4.78 is 1.98. The molecule has 138 valence electrons. The molecule has 0 saturated heterocycles. The Labute approximate surface area is 149 Å². The van der Waals surface area contributed by atoms with Crippen LogP contribution in [0, 0.1) is 6.92 Å². The van der Waals surface area contributed by atoms with Gasteiger partial charge in [0, 0.05) is 26.7 Å². The number of fused-ring (bicyclic) bond motifs is 1. The SMILES string of the molecule is Cc1nc2n(n1)CCC[C@H]2NC(=NCC(=O)N(C)C)NC1CCCC1. The zero-order valence-corrected chi connectivity index (χ0v) is 15.5. The highest BCUT2D eigenvalue weighted by Crippen LogP contribution is 2.23. The molecule has 1 amide bonds. The Morgan fingerprint density at radius 1 is 1.24 bits per heavy atom. The number of nitrogens with zero attached hydrogens (tertiary/aromatic N) is 5. The summed E-state index contributed by atoms with van der Waals surface area (Å²) in [7, 11) is 3.50. The fourth-order valence-corrected chi connectivity index (χ4v) is 3.45. The van der Waals surface area contributed by atoms with Crippen molar-refractivity contribution in [3.05, 3.63) is 11.6 Å². The molecule has 1 aromatic heterocycles. The van der Waals surface area contributed by atoms with Crippen LogP contribution in [0.15, 0.2) is 4.99 Å². The molecule has 8 nitrogen and oxygen atoms in total. The van der Waals surface area contributed by atoms with E-state index in [1.54, 1.807) is 19.0 Å². The highest BCUT2D eigenvalue weighted by atomic mass is 16.2. The van der Waals surface area contributed by atoms with E-state index in [1.807, 2.05) is 11.6 Å². The molecule has 0 aromatic carbocycles. The lowest BCUT2D eigenvalue weighted by Crippen LogP contribution is -2.45. The van der Waals surface area contributed by atoms with E-state index in [1.165, 1.54) is 12.8 Å². The molecular weight excluding hydrogens is 318 g/mol. The van der Waals surface area contributed by atoms with Gasteiger partial charge in [-0.15, -0.1) is 0 Å². The van der Waals surface area contributed by atoms with Crippen molar-refractivity contribution in [1.29, 1.82) is 0 Å². The molecule has 2 heterocycles. The van der Waals surface area contributed by atoms with Crippen molar-refractivity contribution in [3.63, 3.8) is 0 Å². The molecule has 3 rings (SSSR count). The summed E-state index contributed by atoms with van der Waals surface area (Å²) in [6, 6.07) is 0.515. The van der Waals surface area contributed by atoms with E-state index in [-0.39, 0.29) is 18.5 Å². The van der Waals surface area contributed by atoms with Crippen molar-refractivity contribution < 1.29 is 4.79 Å². The van der Waals surface area contributed by atoms with Crippen molar-refractivity contribution in [1.82, 2.24) is 30.3 Å². The Morgan fingerprint density at radius 3 is 2.72 bits per heavy atom. The average Bonchev–Trinajstić information content (AvgIpc) is 3.21. The maximum Gasteiger partial charge on any atom is 0.243 e. The number of aromatic nitrogens is 3. The number of aryl methyl sites for hydroxylation is 2. The molecule has 1 aromatic rings. The van der Waals surface area contributed by atoms with Gasteiger partial charge in [-0.2, -0.15) is 5.10 Å². The van der Waals surface area contributed by atoms with Crippen molar-refractivity contribution in [2.24, 2.45) is 4.99 Å². The van der Waals surface area contributed by atoms with Crippen LogP contribution in [-0.4, -0.2) is 58.2 Å². The van der Waals surface area contributed by atoms with Crippen LogP contribution >= 0.6 is 0 Å². The third kappa shape index (κ3) is 4.49. The van der Waals surface area contributed by atoms with Crippen LogP contribution in [0.1, 0.15) is 56.2 Å². The second kappa shape index (κ2) is 7.84. The first kappa shape index (κ1) is 17.7. The molecule has 1 aliphatic carbocycles. The van der Waals surface area contributed by atoms with E-state index in [9.17, 15) is 4.79 Å². The third-order valence-electron chi connectivity index (χ3n) is 4.86. The fourth-order valence-electron chi connectivity index (χ4n) is 3.45. The van der Waals surface area contributed by atoms with Gasteiger partial charge in [0.15, 0.2) is 5.96 Å². The zero-order chi connectivity index (χ0) is 17.8. The van der Waals surface area contributed by atoms with Crippen LogP contribution in [0.5, 0.6) is 0 Å². The van der Waals surface area contributed by atoms with Gasteiger partial charge in [-0.1, -0.05) is 12.8 Å². The van der Waals surface area contributed by atoms with Gasteiger partial charge >= 0.3 is 0 Å². The Bertz CT molecular complexity index is 631. The smallest absolute Gasteiger partial charge is 0.243 e. The highest BCUT2D eigenvalue weighted by molar-refractivity contribution is 5.85. The Hall–Kier alpha value is -2.12. The number of nitrogens with one attached hydrogen (secondary N) is 2. The lowest BCUT2D eigenvalue weighted by molar-refractivity contribution is -0.127. The summed E-state index contributed by atoms with van der Waals surface area (Å²) in [4.78, 5) is 22.6. The van der Waals surface area contributed by atoms with Gasteiger partial charge in [-0.05, 0) is 32.6 Å². The van der Waals surface area contributed by atoms with Gasteiger partial charge in [0.2, 0.25) is 5.91 Å². The number of carbonyl (C=O) groups excluding carboxylic acids is 1. The Morgan fingerprint density at radius 2 is 2.00 bits per heavy atom. The monoisotopic (exact) mass is 347 g/mol. The van der Waals surface area contributed by atoms with Gasteiger partial charge in [-0.25, -0.2) is 14.7 Å². The summed E-state index contributed by atoms with van der Waals surface area (Å²) in [6.45, 7) is 2.98. The first-order valence-corrected chi connectivity index (χ1v) is 9.22. The van der Waals surface area contributed by atoms with E-state index < -0.39 is 0 Å². The predicted octanol–water partition coefficient (Wildman–Crippen LogP) is 0.987. The lowest BCUT2D eigenvalue weighted by Gasteiger charge is -2.26. The topological polar surface area (TPSA) is 87.4 Å². The summed E-state index contributed by atoms with van der Waals surface area (Å²) in [5.74, 6) is 2.47. The normalized spacial score (nSPS) is 21.1. The summed E-state index contributed by atoms with van der Waals surface area (Å²) in [5, 5.41) is 11.5. The number of rotatable bonds is 4. The number of carbonyl (C=O) groups is 1. The van der Waals surface area contributed by atoms with E-state index in [0.717, 1.165) is 43.9 Å². The van der Waals surface area contributed by atoms with Gasteiger partial charge in [0.1, 0.15) is 18.2 Å². The van der Waals surface area contributed by atoms with Crippen LogP contribution in [0.2, 0.25) is 0 Å². The number of guanidine groups is 1. The largest absolute Gasteiger partial charge is 0.354 e. The van der Waals surface area contributed by atoms with Crippen molar-refractivity contribution >= 4 is 11.9 Å². The standard InChI is InChI=1S/C17H29N7O/c1-12-19-16-14(9-6-10-24(16)22-12)21-17(18-11-15(25)23(2)3)20-13-7-4-5-8-13/h13-14H,4-11H2,1-3H3,(H2,18,20,21)/t14-/m1/s1. The molecule has 1 aliphatic heterocycles. The minimum atomic E-state index is -0.00447. The lowest BCUT2D eigenvalue weighted by atomic mass is 10.1. The minimum absolute atomic E-state index is 0.00447. The van der Waals surface area contributed by atoms with Gasteiger partial charge in [-0.3, -0.25) is 4.79 Å². The number of amides is 1. The van der Waals surface area contributed by atoms with Crippen molar-refractivity contribution in [3.8, 4) is 0 Å². The molecule has 2 N–H and O–H groups in total. The number of aliphatic imine (C=N–C) groups is 1. The van der Waals surface area contributed by atoms with E-state index >= 15 is 0 Å². The molecule has 1 saturated carbocycles. The molecule has 0 spiro atoms. The van der Waals surface area contributed by atoms with Gasteiger partial charge < -0.3 is 15.5 Å². The van der Waals surface area contributed by atoms with Crippen molar-refractivity contribution in [2.45, 2.75) is 64.1 Å². The van der Waals surface area contributed by atoms with Crippen LogP contribution < -0.4 is 10.6 Å². The minimum Gasteiger partial charge on any atom is -0.354 e. The van der Waals surface area contributed by atoms with E-state index in [4.69, 9.17) is 0 Å². The molecule has 1 fully saturated rings. The Balaban J connectivity index is 1.72. The molecular formula is C17H29N7O. The molecule has 1 atom stereocenters. The van der Waals surface area contributed by atoms with Crippen LogP contribution in [-0.2, 0) is 11.3 Å². The first-order valence-electron chi connectivity index (χ1n) is 9.22. The molecule has 0 bridgehead atoms. The molecule has 0 radical (unpaired) electrons. The maximum atomic E-state index is 11.9. The van der Waals surface area contributed by atoms with Gasteiger partial charge in [0.25, 0.3) is 0 Å².